The summed E-state index contributed by atoms with van der Waals surface area (Å²) in [7, 11) is 2.00. The van der Waals surface area contributed by atoms with E-state index >= 15 is 0 Å². The van der Waals surface area contributed by atoms with Crippen molar-refractivity contribution in [1.82, 2.24) is 15.3 Å². The number of hydrogen-bond donors (Lipinski definition) is 1. The van der Waals surface area contributed by atoms with Crippen LogP contribution in [0.1, 0.15) is 31.5 Å². The normalized spacial score (nSPS) is 19.9. The number of rotatable bonds is 2. The molecular weight excluding hydrogens is 242 g/mol. The molecule has 76 valence electrons. The van der Waals surface area contributed by atoms with Crippen molar-refractivity contribution >= 4 is 15.9 Å². The lowest BCUT2D eigenvalue weighted by Gasteiger charge is -2.26. The predicted octanol–water partition coefficient (Wildman–Crippen LogP) is 2.23. The second-order valence-electron chi connectivity index (χ2n) is 3.76. The Balaban J connectivity index is 2.31. The van der Waals surface area contributed by atoms with E-state index in [4.69, 9.17) is 0 Å². The fraction of sp³-hybridized carbons (Fsp3) is 0.600. The highest BCUT2D eigenvalue weighted by atomic mass is 79.9. The van der Waals surface area contributed by atoms with Gasteiger partial charge in [-0.25, -0.2) is 9.97 Å². The van der Waals surface area contributed by atoms with Gasteiger partial charge in [0.25, 0.3) is 0 Å². The number of hydrogen-bond acceptors (Lipinski definition) is 3. The van der Waals surface area contributed by atoms with Crippen LogP contribution < -0.4 is 5.32 Å². The van der Waals surface area contributed by atoms with E-state index < -0.39 is 0 Å². The first-order valence-electron chi connectivity index (χ1n) is 4.94. The van der Waals surface area contributed by atoms with Gasteiger partial charge in [0.1, 0.15) is 5.82 Å². The Hall–Kier alpha value is -0.480. The summed E-state index contributed by atoms with van der Waals surface area (Å²) in [6.45, 7) is 0. The Morgan fingerprint density at radius 2 is 1.86 bits per heavy atom. The lowest BCUT2D eigenvalue weighted by molar-refractivity contribution is 0.349. The summed E-state index contributed by atoms with van der Waals surface area (Å²) in [6, 6.07) is 0. The van der Waals surface area contributed by atoms with E-state index in [1.54, 1.807) is 0 Å². The Morgan fingerprint density at radius 1 is 1.29 bits per heavy atom. The molecule has 1 fully saturated rings. The minimum Gasteiger partial charge on any atom is -0.308 e. The summed E-state index contributed by atoms with van der Waals surface area (Å²) in [6.07, 6.45) is 8.45. The highest BCUT2D eigenvalue weighted by Crippen LogP contribution is 2.36. The molecule has 1 aliphatic carbocycles. The molecule has 1 N–H and O–H groups in total. The maximum absolute atomic E-state index is 4.38. The van der Waals surface area contributed by atoms with Gasteiger partial charge in [-0.05, 0) is 35.8 Å². The van der Waals surface area contributed by atoms with Crippen molar-refractivity contribution in [1.29, 1.82) is 0 Å². The topological polar surface area (TPSA) is 37.8 Å². The summed E-state index contributed by atoms with van der Waals surface area (Å²) < 4.78 is 0.936. The van der Waals surface area contributed by atoms with Gasteiger partial charge >= 0.3 is 0 Å². The molecule has 14 heavy (non-hydrogen) atoms. The van der Waals surface area contributed by atoms with Crippen molar-refractivity contribution in [2.75, 3.05) is 7.05 Å². The third-order valence-electron chi connectivity index (χ3n) is 2.98. The first-order valence-corrected chi connectivity index (χ1v) is 5.73. The molecule has 0 atom stereocenters. The van der Waals surface area contributed by atoms with Gasteiger partial charge in [-0.1, -0.05) is 12.8 Å². The molecule has 0 amide bonds. The Kier molecular flexibility index (Phi) is 2.83. The van der Waals surface area contributed by atoms with Gasteiger partial charge in [-0.3, -0.25) is 0 Å². The van der Waals surface area contributed by atoms with Crippen LogP contribution in [0, 0.1) is 0 Å². The zero-order valence-electron chi connectivity index (χ0n) is 8.26. The lowest BCUT2D eigenvalue weighted by atomic mass is 9.97. The standard InChI is InChI=1S/C10H14BrN3/c1-12-10(4-2-3-5-10)9-13-6-8(11)7-14-9/h6-7,12H,2-5H2,1H3. The van der Waals surface area contributed by atoms with Crippen LogP contribution in [0.5, 0.6) is 0 Å². The fourth-order valence-corrected chi connectivity index (χ4v) is 2.33. The van der Waals surface area contributed by atoms with Gasteiger partial charge in [0, 0.05) is 12.4 Å². The van der Waals surface area contributed by atoms with Crippen LogP contribution in [0.25, 0.3) is 0 Å². The molecule has 0 radical (unpaired) electrons. The quantitative estimate of drug-likeness (QED) is 0.881. The largest absolute Gasteiger partial charge is 0.308 e. The molecular formula is C10H14BrN3. The minimum absolute atomic E-state index is 0.0285. The SMILES string of the molecule is CNC1(c2ncc(Br)cn2)CCCC1. The van der Waals surface area contributed by atoms with Crippen LogP contribution in [0.15, 0.2) is 16.9 Å². The van der Waals surface area contributed by atoms with Gasteiger partial charge < -0.3 is 5.32 Å². The summed E-state index contributed by atoms with van der Waals surface area (Å²) in [4.78, 5) is 8.77. The van der Waals surface area contributed by atoms with Crippen LogP contribution in [-0.4, -0.2) is 17.0 Å². The van der Waals surface area contributed by atoms with E-state index in [1.165, 1.54) is 12.8 Å². The summed E-state index contributed by atoms with van der Waals surface area (Å²) in [5.41, 5.74) is 0.0285. The number of aromatic nitrogens is 2. The summed E-state index contributed by atoms with van der Waals surface area (Å²) >= 11 is 3.35. The second kappa shape index (κ2) is 3.95. The maximum atomic E-state index is 4.38. The lowest BCUT2D eigenvalue weighted by Crippen LogP contribution is -2.38. The number of nitrogens with one attached hydrogen (secondary N) is 1. The van der Waals surface area contributed by atoms with Crippen molar-refractivity contribution in [2.24, 2.45) is 0 Å². The van der Waals surface area contributed by atoms with Crippen molar-refractivity contribution < 1.29 is 0 Å². The van der Waals surface area contributed by atoms with Gasteiger partial charge in [0.15, 0.2) is 0 Å². The molecule has 1 aromatic rings. The molecule has 3 nitrogen and oxygen atoms in total. The van der Waals surface area contributed by atoms with Gasteiger partial charge in [0.05, 0.1) is 10.0 Å². The Bertz CT molecular complexity index is 304. The molecule has 4 heteroatoms. The monoisotopic (exact) mass is 255 g/mol. The van der Waals surface area contributed by atoms with Crippen molar-refractivity contribution in [3.63, 3.8) is 0 Å². The van der Waals surface area contributed by atoms with Crippen LogP contribution in [0.3, 0.4) is 0 Å². The van der Waals surface area contributed by atoms with Gasteiger partial charge in [0.2, 0.25) is 0 Å². The van der Waals surface area contributed by atoms with Crippen molar-refractivity contribution in [2.45, 2.75) is 31.2 Å². The van der Waals surface area contributed by atoms with Crippen LogP contribution in [-0.2, 0) is 5.54 Å². The van der Waals surface area contributed by atoms with Gasteiger partial charge in [-0.15, -0.1) is 0 Å². The molecule has 1 aromatic heterocycles. The maximum Gasteiger partial charge on any atom is 0.148 e. The van der Waals surface area contributed by atoms with E-state index in [0.717, 1.165) is 23.1 Å². The molecule has 0 unspecified atom stereocenters. The number of halogens is 1. The number of nitrogens with zero attached hydrogens (tertiary/aromatic N) is 2. The van der Waals surface area contributed by atoms with E-state index in [1.807, 2.05) is 19.4 Å². The summed E-state index contributed by atoms with van der Waals surface area (Å²) in [5, 5.41) is 3.37. The minimum atomic E-state index is 0.0285. The molecule has 0 bridgehead atoms. The first kappa shape index (κ1) is 10.1. The molecule has 1 saturated carbocycles. The van der Waals surface area contributed by atoms with Crippen LogP contribution >= 0.6 is 15.9 Å². The van der Waals surface area contributed by atoms with E-state index in [9.17, 15) is 0 Å². The average molecular weight is 256 g/mol. The smallest absolute Gasteiger partial charge is 0.148 e. The van der Waals surface area contributed by atoms with Crippen LogP contribution in [0.4, 0.5) is 0 Å². The molecule has 0 aliphatic heterocycles. The molecule has 2 rings (SSSR count). The van der Waals surface area contributed by atoms with E-state index in [0.29, 0.717) is 0 Å². The Labute approximate surface area is 92.5 Å². The Morgan fingerprint density at radius 3 is 2.36 bits per heavy atom. The van der Waals surface area contributed by atoms with E-state index in [-0.39, 0.29) is 5.54 Å². The molecule has 0 spiro atoms. The first-order chi connectivity index (χ1) is 6.77. The molecule has 0 aromatic carbocycles. The zero-order valence-corrected chi connectivity index (χ0v) is 9.84. The average Bonchev–Trinajstić information content (AvgIpc) is 2.68. The highest BCUT2D eigenvalue weighted by Gasteiger charge is 2.36. The molecule has 0 saturated heterocycles. The van der Waals surface area contributed by atoms with Gasteiger partial charge in [-0.2, -0.15) is 0 Å². The molecule has 1 heterocycles. The highest BCUT2D eigenvalue weighted by molar-refractivity contribution is 9.10. The predicted molar refractivity (Wildman–Crippen MR) is 58.9 cm³/mol. The third kappa shape index (κ3) is 1.68. The fourth-order valence-electron chi connectivity index (χ4n) is 2.12. The summed E-state index contributed by atoms with van der Waals surface area (Å²) in [5.74, 6) is 0.931. The molecule has 1 aliphatic rings. The third-order valence-corrected chi connectivity index (χ3v) is 3.39. The van der Waals surface area contributed by atoms with Crippen LogP contribution in [0.2, 0.25) is 0 Å². The zero-order chi connectivity index (χ0) is 10.0. The van der Waals surface area contributed by atoms with E-state index in [2.05, 4.69) is 31.2 Å². The van der Waals surface area contributed by atoms with Crippen molar-refractivity contribution in [3.8, 4) is 0 Å². The van der Waals surface area contributed by atoms with Crippen molar-refractivity contribution in [3.05, 3.63) is 22.7 Å². The second-order valence-corrected chi connectivity index (χ2v) is 4.68.